The van der Waals surface area contributed by atoms with E-state index in [-0.39, 0.29) is 18.8 Å². The van der Waals surface area contributed by atoms with Crippen LogP contribution in [0.1, 0.15) is 31.2 Å². The zero-order valence-electron chi connectivity index (χ0n) is 10.4. The lowest BCUT2D eigenvalue weighted by Gasteiger charge is -2.28. The Kier molecular flexibility index (Phi) is 4.17. The van der Waals surface area contributed by atoms with Crippen molar-refractivity contribution in [1.82, 2.24) is 0 Å². The zero-order valence-corrected chi connectivity index (χ0v) is 10.4. The molecule has 0 bridgehead atoms. The maximum Gasteiger partial charge on any atom is 0.248 e. The van der Waals surface area contributed by atoms with Crippen LogP contribution in [0, 0.1) is 5.92 Å². The van der Waals surface area contributed by atoms with Gasteiger partial charge in [0, 0.05) is 24.9 Å². The molecule has 1 fully saturated rings. The Morgan fingerprint density at radius 1 is 1.22 bits per heavy atom. The topological polar surface area (TPSA) is 35.2 Å². The van der Waals surface area contributed by atoms with Crippen LogP contribution in [0.5, 0.6) is 5.75 Å². The van der Waals surface area contributed by atoms with Gasteiger partial charge in [-0.25, -0.2) is 8.78 Å². The molecule has 0 spiro atoms. The molecular formula is C14H19F2NO. The van der Waals surface area contributed by atoms with E-state index in [9.17, 15) is 8.78 Å². The molecule has 1 saturated carbocycles. The van der Waals surface area contributed by atoms with E-state index in [0.29, 0.717) is 26.0 Å². The highest BCUT2D eigenvalue weighted by Crippen LogP contribution is 2.36. The van der Waals surface area contributed by atoms with Crippen molar-refractivity contribution >= 4 is 0 Å². The van der Waals surface area contributed by atoms with Crippen LogP contribution in [-0.2, 0) is 6.54 Å². The van der Waals surface area contributed by atoms with Crippen LogP contribution in [0.2, 0.25) is 0 Å². The summed E-state index contributed by atoms with van der Waals surface area (Å²) in [7, 11) is 0. The number of ether oxygens (including phenoxy) is 1. The van der Waals surface area contributed by atoms with E-state index in [1.54, 1.807) is 0 Å². The molecule has 100 valence electrons. The van der Waals surface area contributed by atoms with Gasteiger partial charge in [-0.15, -0.1) is 0 Å². The van der Waals surface area contributed by atoms with Gasteiger partial charge in [-0.05, 0) is 24.8 Å². The van der Waals surface area contributed by atoms with Gasteiger partial charge < -0.3 is 10.5 Å². The fraction of sp³-hybridized carbons (Fsp3) is 0.571. The number of alkyl halides is 2. The Hall–Kier alpha value is -1.16. The molecule has 0 aliphatic heterocycles. The van der Waals surface area contributed by atoms with Crippen molar-refractivity contribution in [1.29, 1.82) is 0 Å². The van der Waals surface area contributed by atoms with E-state index in [4.69, 9.17) is 10.5 Å². The van der Waals surface area contributed by atoms with Gasteiger partial charge in [0.25, 0.3) is 0 Å². The number of halogens is 2. The van der Waals surface area contributed by atoms with Gasteiger partial charge in [-0.2, -0.15) is 0 Å². The lowest BCUT2D eigenvalue weighted by molar-refractivity contribution is -0.0498. The smallest absolute Gasteiger partial charge is 0.248 e. The molecule has 18 heavy (non-hydrogen) atoms. The lowest BCUT2D eigenvalue weighted by atomic mass is 9.87. The number of nitrogens with two attached hydrogens (primary N) is 1. The van der Waals surface area contributed by atoms with Gasteiger partial charge in [0.1, 0.15) is 5.75 Å². The van der Waals surface area contributed by atoms with E-state index < -0.39 is 5.92 Å². The first-order valence-electron chi connectivity index (χ1n) is 6.39. The molecule has 2 rings (SSSR count). The van der Waals surface area contributed by atoms with E-state index in [1.807, 2.05) is 24.3 Å². The fourth-order valence-corrected chi connectivity index (χ4v) is 2.29. The first-order valence-corrected chi connectivity index (χ1v) is 6.39. The summed E-state index contributed by atoms with van der Waals surface area (Å²) in [5.74, 6) is -1.46. The maximum atomic E-state index is 13.0. The summed E-state index contributed by atoms with van der Waals surface area (Å²) >= 11 is 0. The zero-order chi connectivity index (χ0) is 13.0. The second kappa shape index (κ2) is 5.65. The predicted molar refractivity (Wildman–Crippen MR) is 66.7 cm³/mol. The summed E-state index contributed by atoms with van der Waals surface area (Å²) in [6.07, 6.45) is 1.05. The molecule has 0 amide bonds. The van der Waals surface area contributed by atoms with E-state index >= 15 is 0 Å². The number of benzene rings is 1. The molecule has 1 aliphatic carbocycles. The van der Waals surface area contributed by atoms with Gasteiger partial charge in [0.05, 0.1) is 6.61 Å². The minimum absolute atomic E-state index is 0.0143. The van der Waals surface area contributed by atoms with Crippen molar-refractivity contribution < 1.29 is 13.5 Å². The van der Waals surface area contributed by atoms with Gasteiger partial charge in [-0.3, -0.25) is 0 Å². The number of para-hydroxylation sites is 1. The maximum absolute atomic E-state index is 13.0. The minimum atomic E-state index is -2.47. The summed E-state index contributed by atoms with van der Waals surface area (Å²) in [6, 6.07) is 7.60. The standard InChI is InChI=1S/C14H19F2NO/c15-14(16)7-5-11(6-8-14)10-18-13-4-2-1-3-12(13)9-17/h1-4,11H,5-10,17H2. The molecule has 2 N–H and O–H groups in total. The molecule has 1 aliphatic rings. The Morgan fingerprint density at radius 2 is 1.89 bits per heavy atom. The summed E-state index contributed by atoms with van der Waals surface area (Å²) in [6.45, 7) is 0.937. The third kappa shape index (κ3) is 3.42. The number of rotatable bonds is 4. The first-order chi connectivity index (χ1) is 8.61. The van der Waals surface area contributed by atoms with Crippen LogP contribution in [0.4, 0.5) is 8.78 Å². The van der Waals surface area contributed by atoms with Crippen molar-refractivity contribution in [2.75, 3.05) is 6.61 Å². The first kappa shape index (κ1) is 13.3. The lowest BCUT2D eigenvalue weighted by Crippen LogP contribution is -2.27. The van der Waals surface area contributed by atoms with E-state index in [2.05, 4.69) is 0 Å². The Labute approximate surface area is 106 Å². The molecule has 0 aromatic heterocycles. The van der Waals surface area contributed by atoms with Crippen LogP contribution >= 0.6 is 0 Å². The molecule has 4 heteroatoms. The molecule has 0 unspecified atom stereocenters. The third-order valence-corrected chi connectivity index (χ3v) is 3.50. The SMILES string of the molecule is NCc1ccccc1OCC1CCC(F)(F)CC1. The van der Waals surface area contributed by atoms with Crippen LogP contribution in [0.3, 0.4) is 0 Å². The quantitative estimate of drug-likeness (QED) is 0.895. The highest BCUT2D eigenvalue weighted by molar-refractivity contribution is 5.32. The van der Waals surface area contributed by atoms with Gasteiger partial charge in [0.2, 0.25) is 5.92 Å². The van der Waals surface area contributed by atoms with Crippen LogP contribution in [0.25, 0.3) is 0 Å². The van der Waals surface area contributed by atoms with Crippen molar-refractivity contribution in [2.24, 2.45) is 11.7 Å². The van der Waals surface area contributed by atoms with Crippen LogP contribution in [0.15, 0.2) is 24.3 Å². The molecule has 2 nitrogen and oxygen atoms in total. The molecular weight excluding hydrogens is 236 g/mol. The van der Waals surface area contributed by atoms with E-state index in [0.717, 1.165) is 11.3 Å². The predicted octanol–water partition coefficient (Wildman–Crippen LogP) is 3.35. The third-order valence-electron chi connectivity index (χ3n) is 3.50. The van der Waals surface area contributed by atoms with Crippen molar-refractivity contribution in [2.45, 2.75) is 38.2 Å². The second-order valence-electron chi connectivity index (χ2n) is 4.92. The molecule has 0 atom stereocenters. The minimum Gasteiger partial charge on any atom is -0.493 e. The molecule has 0 radical (unpaired) electrons. The van der Waals surface area contributed by atoms with Crippen molar-refractivity contribution in [3.8, 4) is 5.75 Å². The number of hydrogen-bond donors (Lipinski definition) is 1. The highest BCUT2D eigenvalue weighted by atomic mass is 19.3. The average molecular weight is 255 g/mol. The Morgan fingerprint density at radius 3 is 2.56 bits per heavy atom. The molecule has 1 aromatic rings. The molecule has 0 saturated heterocycles. The summed E-state index contributed by atoms with van der Waals surface area (Å²) < 4.78 is 31.7. The fourth-order valence-electron chi connectivity index (χ4n) is 2.29. The summed E-state index contributed by atoms with van der Waals surface area (Å²) in [5, 5.41) is 0. The van der Waals surface area contributed by atoms with Gasteiger partial charge in [-0.1, -0.05) is 18.2 Å². The van der Waals surface area contributed by atoms with E-state index in [1.165, 1.54) is 0 Å². The normalized spacial score (nSPS) is 19.7. The summed E-state index contributed by atoms with van der Waals surface area (Å²) in [4.78, 5) is 0. The van der Waals surface area contributed by atoms with Crippen molar-refractivity contribution in [3.63, 3.8) is 0 Å². The average Bonchev–Trinajstić information content (AvgIpc) is 2.38. The second-order valence-corrected chi connectivity index (χ2v) is 4.92. The number of hydrogen-bond acceptors (Lipinski definition) is 2. The molecule has 1 aromatic carbocycles. The molecule has 0 heterocycles. The van der Waals surface area contributed by atoms with Gasteiger partial charge >= 0.3 is 0 Å². The Bertz CT molecular complexity index is 385. The Balaban J connectivity index is 1.85. The highest BCUT2D eigenvalue weighted by Gasteiger charge is 2.35. The van der Waals surface area contributed by atoms with Gasteiger partial charge in [0.15, 0.2) is 0 Å². The van der Waals surface area contributed by atoms with Crippen molar-refractivity contribution in [3.05, 3.63) is 29.8 Å². The largest absolute Gasteiger partial charge is 0.493 e. The van der Waals surface area contributed by atoms with Crippen LogP contribution < -0.4 is 10.5 Å². The monoisotopic (exact) mass is 255 g/mol. The van der Waals surface area contributed by atoms with Crippen LogP contribution in [-0.4, -0.2) is 12.5 Å². The summed E-state index contributed by atoms with van der Waals surface area (Å²) in [5.41, 5.74) is 6.57.